The van der Waals surface area contributed by atoms with Crippen molar-refractivity contribution in [3.8, 4) is 5.75 Å². The van der Waals surface area contributed by atoms with Gasteiger partial charge in [-0.1, -0.05) is 19.3 Å². The van der Waals surface area contributed by atoms with Crippen molar-refractivity contribution in [2.75, 3.05) is 44.2 Å². The summed E-state index contributed by atoms with van der Waals surface area (Å²) in [5.41, 5.74) is 2.15. The molecule has 2 aromatic rings. The quantitative estimate of drug-likeness (QED) is 0.308. The van der Waals surface area contributed by atoms with E-state index in [1.807, 2.05) is 30.3 Å². The van der Waals surface area contributed by atoms with Crippen LogP contribution >= 0.6 is 0 Å². The summed E-state index contributed by atoms with van der Waals surface area (Å²) in [5.74, 6) is -1.20. The molecule has 2 N–H and O–H groups in total. The van der Waals surface area contributed by atoms with Gasteiger partial charge in [0.25, 0.3) is 17.7 Å². The summed E-state index contributed by atoms with van der Waals surface area (Å²) in [6.07, 6.45) is 7.94. The number of hydrogen-bond acceptors (Lipinski definition) is 8. The monoisotopic (exact) mass is 615 g/mol. The molecule has 6 rings (SSSR count). The van der Waals surface area contributed by atoms with Crippen LogP contribution in [0.4, 0.5) is 5.69 Å². The van der Waals surface area contributed by atoms with Gasteiger partial charge in [-0.05, 0) is 81.1 Å². The number of unbranched alkanes of at least 4 members (excludes halogenated alkanes) is 1. The van der Waals surface area contributed by atoms with E-state index in [-0.39, 0.29) is 24.7 Å². The molecule has 238 valence electrons. The number of piperazine rings is 1. The minimum Gasteiger partial charge on any atom is -0.494 e. The predicted octanol–water partition coefficient (Wildman–Crippen LogP) is 3.13. The molecule has 11 heteroatoms. The zero-order valence-corrected chi connectivity index (χ0v) is 25.6. The second-order valence-electron chi connectivity index (χ2n) is 12.4. The number of carbonyl (C=O) groups excluding carboxylic acids is 5. The first-order valence-corrected chi connectivity index (χ1v) is 16.2. The van der Waals surface area contributed by atoms with Crippen molar-refractivity contribution in [1.29, 1.82) is 0 Å². The van der Waals surface area contributed by atoms with Crippen LogP contribution in [0.2, 0.25) is 0 Å². The lowest BCUT2D eigenvalue weighted by Crippen LogP contribution is -2.54. The van der Waals surface area contributed by atoms with E-state index in [2.05, 4.69) is 20.4 Å². The van der Waals surface area contributed by atoms with Crippen molar-refractivity contribution in [2.24, 2.45) is 0 Å². The third kappa shape index (κ3) is 7.03. The predicted molar refractivity (Wildman–Crippen MR) is 167 cm³/mol. The van der Waals surface area contributed by atoms with Gasteiger partial charge in [-0.15, -0.1) is 0 Å². The molecule has 3 fully saturated rings. The van der Waals surface area contributed by atoms with Crippen LogP contribution in [0.1, 0.15) is 88.9 Å². The summed E-state index contributed by atoms with van der Waals surface area (Å²) < 4.78 is 5.91. The van der Waals surface area contributed by atoms with Crippen molar-refractivity contribution in [3.05, 3.63) is 59.2 Å². The minimum atomic E-state index is -0.961. The lowest BCUT2D eigenvalue weighted by molar-refractivity contribution is -0.136. The van der Waals surface area contributed by atoms with E-state index >= 15 is 0 Å². The highest BCUT2D eigenvalue weighted by Gasteiger charge is 2.44. The number of fused-ring (bicyclic) bond motifs is 1. The lowest BCUT2D eigenvalue weighted by Gasteiger charge is -2.36. The average Bonchev–Trinajstić information content (AvgIpc) is 3.30. The highest BCUT2D eigenvalue weighted by Crippen LogP contribution is 2.31. The van der Waals surface area contributed by atoms with Crippen LogP contribution in [-0.2, 0) is 9.59 Å². The van der Waals surface area contributed by atoms with Crippen molar-refractivity contribution < 1.29 is 28.7 Å². The van der Waals surface area contributed by atoms with Crippen molar-refractivity contribution >= 4 is 35.2 Å². The largest absolute Gasteiger partial charge is 0.494 e. The fourth-order valence-electron chi connectivity index (χ4n) is 6.73. The summed E-state index contributed by atoms with van der Waals surface area (Å²) in [6.45, 7) is 4.96. The number of ether oxygens (including phenoxy) is 1. The molecule has 0 aromatic heterocycles. The molecule has 4 aliphatic rings. The number of carbonyl (C=O) groups is 5. The second kappa shape index (κ2) is 13.8. The molecule has 3 heterocycles. The van der Waals surface area contributed by atoms with Crippen molar-refractivity contribution in [2.45, 2.75) is 69.9 Å². The van der Waals surface area contributed by atoms with Crippen molar-refractivity contribution in [3.63, 3.8) is 0 Å². The van der Waals surface area contributed by atoms with E-state index in [0.29, 0.717) is 29.3 Å². The smallest absolute Gasteiger partial charge is 0.262 e. The van der Waals surface area contributed by atoms with Gasteiger partial charge in [-0.25, -0.2) is 0 Å². The average molecular weight is 616 g/mol. The van der Waals surface area contributed by atoms with Gasteiger partial charge in [0.2, 0.25) is 11.8 Å². The van der Waals surface area contributed by atoms with E-state index in [1.165, 1.54) is 19.3 Å². The van der Waals surface area contributed by atoms with Gasteiger partial charge in [0.1, 0.15) is 11.8 Å². The first-order valence-electron chi connectivity index (χ1n) is 16.2. The number of amides is 5. The first kappa shape index (κ1) is 30.8. The standard InChI is InChI=1S/C34H41N5O6/c40-30-15-14-29(32(42)36-30)39-33(43)27-13-10-25(22-28(27)34(39)44)38-19-17-37(18-20-38)16-4-5-21-45-26-11-8-23(9-12-26)31(41)35-24-6-2-1-3-7-24/h8-13,22,24,29H,1-7,14-21H2,(H,35,41)(H,36,40,42). The summed E-state index contributed by atoms with van der Waals surface area (Å²) in [6, 6.07) is 12.0. The highest BCUT2D eigenvalue weighted by molar-refractivity contribution is 6.23. The molecule has 0 radical (unpaired) electrons. The molecule has 1 aliphatic carbocycles. The SMILES string of the molecule is O=C1CCC(N2C(=O)c3ccc(N4CCN(CCCCOc5ccc(C(=O)NC6CCCCC6)cc5)CC4)cc3C2=O)C(=O)N1. The summed E-state index contributed by atoms with van der Waals surface area (Å²) in [7, 11) is 0. The van der Waals surface area contributed by atoms with Gasteiger partial charge in [0, 0.05) is 49.9 Å². The van der Waals surface area contributed by atoms with E-state index in [0.717, 1.165) is 74.7 Å². The van der Waals surface area contributed by atoms with Gasteiger partial charge in [-0.2, -0.15) is 0 Å². The third-order valence-electron chi connectivity index (χ3n) is 9.36. The maximum atomic E-state index is 13.2. The number of hydrogen-bond donors (Lipinski definition) is 2. The number of nitrogens with one attached hydrogen (secondary N) is 2. The summed E-state index contributed by atoms with van der Waals surface area (Å²) in [4.78, 5) is 68.2. The van der Waals surface area contributed by atoms with E-state index < -0.39 is 23.8 Å². The molecular formula is C34H41N5O6. The molecule has 5 amide bonds. The molecule has 3 aliphatic heterocycles. The first-order chi connectivity index (χ1) is 21.9. The zero-order chi connectivity index (χ0) is 31.3. The second-order valence-corrected chi connectivity index (χ2v) is 12.4. The van der Waals surface area contributed by atoms with E-state index in [1.54, 1.807) is 12.1 Å². The van der Waals surface area contributed by atoms with Crippen molar-refractivity contribution in [1.82, 2.24) is 20.4 Å². The van der Waals surface area contributed by atoms with Crippen LogP contribution in [0.5, 0.6) is 5.75 Å². The number of imide groups is 2. The molecular weight excluding hydrogens is 574 g/mol. The lowest BCUT2D eigenvalue weighted by atomic mass is 9.95. The molecule has 45 heavy (non-hydrogen) atoms. The van der Waals surface area contributed by atoms with Crippen LogP contribution < -0.4 is 20.3 Å². The molecule has 11 nitrogen and oxygen atoms in total. The fourth-order valence-corrected chi connectivity index (χ4v) is 6.73. The number of anilines is 1. The van der Waals surface area contributed by atoms with E-state index in [9.17, 15) is 24.0 Å². The van der Waals surface area contributed by atoms with Gasteiger partial charge >= 0.3 is 0 Å². The van der Waals surface area contributed by atoms with Crippen LogP contribution in [-0.4, -0.2) is 90.8 Å². The van der Waals surface area contributed by atoms with Gasteiger partial charge < -0.3 is 15.0 Å². The molecule has 1 saturated carbocycles. The van der Waals surface area contributed by atoms with Crippen LogP contribution in [0.25, 0.3) is 0 Å². The Kier molecular flexibility index (Phi) is 9.44. The minimum absolute atomic E-state index is 0.00950. The molecule has 2 aromatic carbocycles. The Hall–Kier alpha value is -4.25. The molecule has 1 unspecified atom stereocenters. The van der Waals surface area contributed by atoms with Gasteiger partial charge in [0.05, 0.1) is 17.7 Å². The molecule has 0 bridgehead atoms. The number of benzene rings is 2. The number of rotatable bonds is 10. The summed E-state index contributed by atoms with van der Waals surface area (Å²) >= 11 is 0. The maximum absolute atomic E-state index is 13.2. The fraction of sp³-hybridized carbons (Fsp3) is 0.500. The maximum Gasteiger partial charge on any atom is 0.262 e. The van der Waals surface area contributed by atoms with Gasteiger partial charge in [0.15, 0.2) is 0 Å². The van der Waals surface area contributed by atoms with Crippen LogP contribution in [0.15, 0.2) is 42.5 Å². The normalized spacial score (nSPS) is 21.1. The van der Waals surface area contributed by atoms with Crippen LogP contribution in [0, 0.1) is 0 Å². The summed E-state index contributed by atoms with van der Waals surface area (Å²) in [5, 5.41) is 5.38. The topological polar surface area (TPSA) is 128 Å². The Morgan fingerprint density at radius 2 is 1.58 bits per heavy atom. The Morgan fingerprint density at radius 1 is 0.844 bits per heavy atom. The number of nitrogens with zero attached hydrogens (tertiary/aromatic N) is 3. The van der Waals surface area contributed by atoms with Crippen LogP contribution in [0.3, 0.4) is 0 Å². The zero-order valence-electron chi connectivity index (χ0n) is 25.6. The molecule has 1 atom stereocenters. The Balaban J connectivity index is 0.909. The Bertz CT molecular complexity index is 1450. The van der Waals surface area contributed by atoms with Gasteiger partial charge in [-0.3, -0.25) is 39.1 Å². The Morgan fingerprint density at radius 3 is 2.31 bits per heavy atom. The Labute approximate surface area is 263 Å². The highest BCUT2D eigenvalue weighted by atomic mass is 16.5. The van der Waals surface area contributed by atoms with E-state index in [4.69, 9.17) is 4.74 Å². The molecule has 0 spiro atoms. The molecule has 2 saturated heterocycles. The number of piperidine rings is 1. The third-order valence-corrected chi connectivity index (χ3v) is 9.36.